The Hall–Kier alpha value is -2.57. The first kappa shape index (κ1) is 20.2. The molecule has 2 aromatic rings. The van der Waals surface area contributed by atoms with Gasteiger partial charge in [-0.1, -0.05) is 42.5 Å². The Balaban J connectivity index is 1.48. The van der Waals surface area contributed by atoms with Crippen LogP contribution in [0.15, 0.2) is 54.6 Å². The third-order valence-electron chi connectivity index (χ3n) is 4.74. The zero-order valence-electron chi connectivity index (χ0n) is 16.4. The van der Waals surface area contributed by atoms with E-state index in [1.165, 1.54) is 5.56 Å². The van der Waals surface area contributed by atoms with Crippen LogP contribution >= 0.6 is 12.2 Å². The molecule has 0 unspecified atom stereocenters. The lowest BCUT2D eigenvalue weighted by Gasteiger charge is -2.35. The zero-order chi connectivity index (χ0) is 19.8. The van der Waals surface area contributed by atoms with E-state index in [0.29, 0.717) is 0 Å². The summed E-state index contributed by atoms with van der Waals surface area (Å²) in [4.78, 5) is 4.64. The molecular weight excluding hydrogens is 370 g/mol. The minimum Gasteiger partial charge on any atom is -0.497 e. The molecule has 1 aliphatic rings. The molecule has 1 N–H and O–H groups in total. The summed E-state index contributed by atoms with van der Waals surface area (Å²) in [7, 11) is 3.28. The van der Waals surface area contributed by atoms with Crippen molar-refractivity contribution < 1.29 is 9.47 Å². The molecule has 0 radical (unpaired) electrons. The number of hydrogen-bond acceptors (Lipinski definition) is 4. The predicted molar refractivity (Wildman–Crippen MR) is 119 cm³/mol. The summed E-state index contributed by atoms with van der Waals surface area (Å²) in [5.74, 6) is 1.47. The number of piperazine rings is 1. The van der Waals surface area contributed by atoms with Crippen molar-refractivity contribution in [2.75, 3.05) is 52.3 Å². The number of nitrogens with one attached hydrogen (secondary N) is 1. The molecule has 6 heteroatoms. The van der Waals surface area contributed by atoms with Gasteiger partial charge in [0.1, 0.15) is 11.5 Å². The number of methoxy groups -OCH3 is 2. The first-order valence-corrected chi connectivity index (χ1v) is 9.81. The van der Waals surface area contributed by atoms with Gasteiger partial charge < -0.3 is 19.7 Å². The Morgan fingerprint density at radius 2 is 1.64 bits per heavy atom. The first-order valence-electron chi connectivity index (χ1n) is 9.41. The van der Waals surface area contributed by atoms with Gasteiger partial charge in [-0.3, -0.25) is 4.90 Å². The second kappa shape index (κ2) is 10.1. The smallest absolute Gasteiger partial charge is 0.173 e. The number of rotatable bonds is 6. The van der Waals surface area contributed by atoms with Gasteiger partial charge in [0.05, 0.1) is 14.2 Å². The molecule has 1 saturated heterocycles. The Labute approximate surface area is 172 Å². The highest BCUT2D eigenvalue weighted by molar-refractivity contribution is 7.80. The highest BCUT2D eigenvalue weighted by Gasteiger charge is 2.18. The number of ether oxygens (including phenoxy) is 2. The Morgan fingerprint density at radius 1 is 1.00 bits per heavy atom. The van der Waals surface area contributed by atoms with Gasteiger partial charge in [-0.25, -0.2) is 0 Å². The lowest BCUT2D eigenvalue weighted by atomic mass is 10.2. The molecule has 0 saturated carbocycles. The van der Waals surface area contributed by atoms with Crippen LogP contribution in [0.3, 0.4) is 0 Å². The van der Waals surface area contributed by atoms with Gasteiger partial charge in [0, 0.05) is 56.6 Å². The maximum Gasteiger partial charge on any atom is 0.173 e. The van der Waals surface area contributed by atoms with Crippen LogP contribution in [0, 0.1) is 0 Å². The van der Waals surface area contributed by atoms with Gasteiger partial charge in [0.15, 0.2) is 5.11 Å². The molecule has 28 heavy (non-hydrogen) atoms. The van der Waals surface area contributed by atoms with Crippen LogP contribution in [0.5, 0.6) is 11.5 Å². The highest BCUT2D eigenvalue weighted by atomic mass is 32.1. The normalized spacial score (nSPS) is 14.9. The van der Waals surface area contributed by atoms with Gasteiger partial charge in [-0.05, 0) is 17.8 Å². The molecule has 148 valence electrons. The van der Waals surface area contributed by atoms with Crippen LogP contribution in [0.2, 0.25) is 0 Å². The number of hydrogen-bond donors (Lipinski definition) is 1. The second-order valence-electron chi connectivity index (χ2n) is 6.63. The van der Waals surface area contributed by atoms with Crippen molar-refractivity contribution >= 4 is 29.1 Å². The van der Waals surface area contributed by atoms with Gasteiger partial charge in [0.2, 0.25) is 0 Å². The van der Waals surface area contributed by atoms with E-state index in [4.69, 9.17) is 21.7 Å². The van der Waals surface area contributed by atoms with E-state index in [1.807, 2.05) is 24.3 Å². The third kappa shape index (κ3) is 5.71. The summed E-state index contributed by atoms with van der Waals surface area (Å²) < 4.78 is 10.6. The maximum absolute atomic E-state index is 5.61. The van der Waals surface area contributed by atoms with E-state index in [1.54, 1.807) is 14.2 Å². The van der Waals surface area contributed by atoms with Gasteiger partial charge >= 0.3 is 0 Å². The molecule has 0 amide bonds. The van der Waals surface area contributed by atoms with Crippen molar-refractivity contribution in [3.63, 3.8) is 0 Å². The highest BCUT2D eigenvalue weighted by Crippen LogP contribution is 2.26. The summed E-state index contributed by atoms with van der Waals surface area (Å²) >= 11 is 5.61. The fraction of sp³-hybridized carbons (Fsp3) is 0.318. The number of anilines is 1. The molecule has 5 nitrogen and oxygen atoms in total. The molecule has 1 fully saturated rings. The number of thiocarbonyl (C=S) groups is 1. The van der Waals surface area contributed by atoms with Crippen molar-refractivity contribution in [3.8, 4) is 11.5 Å². The summed E-state index contributed by atoms with van der Waals surface area (Å²) in [5.41, 5.74) is 2.11. The quantitative estimate of drug-likeness (QED) is 0.749. The minimum atomic E-state index is 0.731. The SMILES string of the molecule is COc1cc(NC(=S)N2CCN(CC=Cc3ccccc3)CC2)cc(OC)c1. The van der Waals surface area contributed by atoms with Gasteiger partial charge in [-0.15, -0.1) is 0 Å². The molecule has 0 aliphatic carbocycles. The van der Waals surface area contributed by atoms with Gasteiger partial charge in [0.25, 0.3) is 0 Å². The second-order valence-corrected chi connectivity index (χ2v) is 7.02. The largest absolute Gasteiger partial charge is 0.497 e. The van der Waals surface area contributed by atoms with Crippen LogP contribution in [0.1, 0.15) is 5.56 Å². The van der Waals surface area contributed by atoms with E-state index >= 15 is 0 Å². The van der Waals surface area contributed by atoms with Crippen LogP contribution in [0.4, 0.5) is 5.69 Å². The fourth-order valence-electron chi connectivity index (χ4n) is 3.12. The van der Waals surface area contributed by atoms with E-state index in [2.05, 4.69) is 51.5 Å². The zero-order valence-corrected chi connectivity index (χ0v) is 17.2. The molecule has 1 aliphatic heterocycles. The molecule has 1 heterocycles. The Bertz CT molecular complexity index is 780. The van der Waals surface area contributed by atoms with Crippen molar-refractivity contribution in [2.24, 2.45) is 0 Å². The number of nitrogens with zero attached hydrogens (tertiary/aromatic N) is 2. The maximum atomic E-state index is 5.61. The Morgan fingerprint density at radius 3 is 2.25 bits per heavy atom. The lowest BCUT2D eigenvalue weighted by molar-refractivity contribution is 0.200. The van der Waals surface area contributed by atoms with Crippen LogP contribution < -0.4 is 14.8 Å². The predicted octanol–water partition coefficient (Wildman–Crippen LogP) is 3.73. The van der Waals surface area contributed by atoms with Crippen molar-refractivity contribution in [1.82, 2.24) is 9.80 Å². The van der Waals surface area contributed by atoms with Crippen LogP contribution in [-0.4, -0.2) is 61.9 Å². The third-order valence-corrected chi connectivity index (χ3v) is 5.10. The summed E-state index contributed by atoms with van der Waals surface area (Å²) in [6.07, 6.45) is 4.40. The molecular formula is C22H27N3O2S. The van der Waals surface area contributed by atoms with E-state index in [0.717, 1.165) is 55.0 Å². The van der Waals surface area contributed by atoms with Crippen molar-refractivity contribution in [1.29, 1.82) is 0 Å². The number of benzene rings is 2. The molecule has 0 atom stereocenters. The van der Waals surface area contributed by atoms with Gasteiger partial charge in [-0.2, -0.15) is 0 Å². The van der Waals surface area contributed by atoms with Crippen molar-refractivity contribution in [2.45, 2.75) is 0 Å². The molecule has 0 aromatic heterocycles. The minimum absolute atomic E-state index is 0.731. The average molecular weight is 398 g/mol. The molecule has 3 rings (SSSR count). The topological polar surface area (TPSA) is 37.0 Å². The van der Waals surface area contributed by atoms with Crippen LogP contribution in [-0.2, 0) is 0 Å². The van der Waals surface area contributed by atoms with Crippen molar-refractivity contribution in [3.05, 3.63) is 60.2 Å². The Kier molecular flexibility index (Phi) is 7.28. The fourth-order valence-corrected chi connectivity index (χ4v) is 3.42. The summed E-state index contributed by atoms with van der Waals surface area (Å²) in [5, 5.41) is 4.04. The van der Waals surface area contributed by atoms with Crippen LogP contribution in [0.25, 0.3) is 6.08 Å². The summed E-state index contributed by atoms with van der Waals surface area (Å²) in [6, 6.07) is 16.1. The average Bonchev–Trinajstić information content (AvgIpc) is 2.74. The molecule has 2 aromatic carbocycles. The van der Waals surface area contributed by atoms with E-state index in [9.17, 15) is 0 Å². The van der Waals surface area contributed by atoms with E-state index < -0.39 is 0 Å². The molecule has 0 bridgehead atoms. The summed E-state index contributed by atoms with van der Waals surface area (Å²) in [6.45, 7) is 4.75. The van der Waals surface area contributed by atoms with E-state index in [-0.39, 0.29) is 0 Å². The standard InChI is InChI=1S/C22H27N3O2S/c1-26-20-15-19(16-21(17-20)27-2)23-22(28)25-13-11-24(12-14-25)10-6-9-18-7-4-3-5-8-18/h3-9,15-17H,10-14H2,1-2H3,(H,23,28). The first-order chi connectivity index (χ1) is 13.7. The molecule has 0 spiro atoms. The lowest BCUT2D eigenvalue weighted by Crippen LogP contribution is -2.49. The monoisotopic (exact) mass is 397 g/mol.